The van der Waals surface area contributed by atoms with Crippen molar-refractivity contribution in [2.75, 3.05) is 27.2 Å². The van der Waals surface area contributed by atoms with Crippen LogP contribution < -0.4 is 18.1 Å². The summed E-state index contributed by atoms with van der Waals surface area (Å²) >= 11 is 0. The minimum atomic E-state index is -0.669. The average Bonchev–Trinajstić information content (AvgIpc) is 2.02. The lowest BCUT2D eigenvalue weighted by Gasteiger charge is -2.36. The highest BCUT2D eigenvalue weighted by Crippen LogP contribution is 2.06. The molecule has 5 heteroatoms. The maximum Gasteiger partial charge on any atom is 0.139 e. The minimum Gasteiger partial charge on any atom is -1.00 e. The van der Waals surface area contributed by atoms with Gasteiger partial charge in [0.15, 0.2) is 0 Å². The van der Waals surface area contributed by atoms with Gasteiger partial charge in [0.25, 0.3) is 0 Å². The second kappa shape index (κ2) is 6.56. The summed E-state index contributed by atoms with van der Waals surface area (Å²) in [6, 6.07) is 0. The van der Waals surface area contributed by atoms with E-state index in [9.17, 15) is 5.11 Å². The van der Waals surface area contributed by atoms with Crippen molar-refractivity contribution < 1.29 is 27.1 Å². The molecule has 0 amide bonds. The second-order valence-electron chi connectivity index (χ2n) is 3.77. The number of hydrogen-bond acceptors (Lipinski definition) is 3. The molecule has 13 heavy (non-hydrogen) atoms. The summed E-state index contributed by atoms with van der Waals surface area (Å²) in [7, 11) is 3.90. The van der Waals surface area contributed by atoms with Crippen molar-refractivity contribution in [3.05, 3.63) is 0 Å². The van der Waals surface area contributed by atoms with E-state index in [0.29, 0.717) is 11.0 Å². The molecule has 4 N–H and O–H groups in total. The Bertz CT molecular complexity index is 133. The maximum absolute atomic E-state index is 9.22. The molecular formula is C8H21ClN2O2. The van der Waals surface area contributed by atoms with E-state index in [4.69, 9.17) is 10.8 Å². The summed E-state index contributed by atoms with van der Waals surface area (Å²) < 4.78 is 0.540. The van der Waals surface area contributed by atoms with Crippen molar-refractivity contribution in [2.45, 2.75) is 25.6 Å². The van der Waals surface area contributed by atoms with Gasteiger partial charge in [-0.2, -0.15) is 0 Å². The van der Waals surface area contributed by atoms with Crippen LogP contribution in [0.15, 0.2) is 0 Å². The van der Waals surface area contributed by atoms with Gasteiger partial charge >= 0.3 is 0 Å². The minimum absolute atomic E-state index is 0. The fourth-order valence-electron chi connectivity index (χ4n) is 1.23. The van der Waals surface area contributed by atoms with Crippen LogP contribution in [-0.2, 0) is 0 Å². The molecule has 0 heterocycles. The Morgan fingerprint density at radius 3 is 2.15 bits per heavy atom. The molecule has 0 bridgehead atoms. The number of quaternary nitrogens is 1. The highest BCUT2D eigenvalue weighted by molar-refractivity contribution is 4.53. The zero-order valence-corrected chi connectivity index (χ0v) is 9.33. The monoisotopic (exact) mass is 212 g/mol. The molecule has 0 aliphatic rings. The maximum atomic E-state index is 9.22. The number of nitrogens with two attached hydrogens (primary N) is 1. The summed E-state index contributed by atoms with van der Waals surface area (Å²) in [6.07, 6.45) is 0.217. The van der Waals surface area contributed by atoms with Crippen molar-refractivity contribution >= 4 is 0 Å². The van der Waals surface area contributed by atoms with Gasteiger partial charge in [-0.3, -0.25) is 5.73 Å². The molecule has 0 spiro atoms. The topological polar surface area (TPSA) is 66.5 Å². The van der Waals surface area contributed by atoms with E-state index < -0.39 is 6.10 Å². The highest BCUT2D eigenvalue weighted by Gasteiger charge is 2.25. The number of likely N-dealkylation sites (N-methyl/N-ethyl adjacent to an activating group) is 1. The normalized spacial score (nSPS) is 16.2. The fraction of sp³-hybridized carbons (Fsp3) is 1.00. The van der Waals surface area contributed by atoms with Crippen LogP contribution in [0.1, 0.15) is 13.3 Å². The first-order valence-corrected chi connectivity index (χ1v) is 4.31. The molecule has 0 radical (unpaired) electrons. The van der Waals surface area contributed by atoms with Gasteiger partial charge in [0.1, 0.15) is 18.8 Å². The van der Waals surface area contributed by atoms with Gasteiger partial charge in [-0.15, -0.1) is 0 Å². The zero-order valence-electron chi connectivity index (χ0n) is 8.57. The first-order valence-electron chi connectivity index (χ1n) is 4.31. The van der Waals surface area contributed by atoms with Gasteiger partial charge in [0, 0.05) is 6.42 Å². The lowest BCUT2D eigenvalue weighted by molar-refractivity contribution is -0.917. The zero-order chi connectivity index (χ0) is 9.78. The predicted molar refractivity (Wildman–Crippen MR) is 48.3 cm³/mol. The third-order valence-electron chi connectivity index (χ3n) is 2.21. The molecule has 0 saturated heterocycles. The molecule has 0 aromatic carbocycles. The van der Waals surface area contributed by atoms with Crippen LogP contribution in [-0.4, -0.2) is 54.2 Å². The predicted octanol–water partition coefficient (Wildman–Crippen LogP) is -3.89. The molecular weight excluding hydrogens is 192 g/mol. The summed E-state index contributed by atoms with van der Waals surface area (Å²) in [6.45, 7) is 2.31. The van der Waals surface area contributed by atoms with Gasteiger partial charge < -0.3 is 27.1 Å². The van der Waals surface area contributed by atoms with Crippen LogP contribution in [0, 0.1) is 0 Å². The Morgan fingerprint density at radius 2 is 1.85 bits per heavy atom. The third-order valence-corrected chi connectivity index (χ3v) is 2.21. The number of aliphatic hydroxyl groups is 2. The van der Waals surface area contributed by atoms with E-state index in [1.165, 1.54) is 0 Å². The van der Waals surface area contributed by atoms with Crippen LogP contribution in [0.4, 0.5) is 0 Å². The third kappa shape index (κ3) is 5.44. The van der Waals surface area contributed by atoms with Crippen molar-refractivity contribution in [3.63, 3.8) is 0 Å². The van der Waals surface area contributed by atoms with E-state index in [1.54, 1.807) is 0 Å². The molecule has 4 nitrogen and oxygen atoms in total. The molecule has 0 aliphatic carbocycles. The number of halogens is 1. The smallest absolute Gasteiger partial charge is 0.139 e. The highest BCUT2D eigenvalue weighted by atomic mass is 35.5. The average molecular weight is 213 g/mol. The van der Waals surface area contributed by atoms with E-state index in [1.807, 2.05) is 21.0 Å². The molecule has 0 saturated carbocycles. The molecule has 2 unspecified atom stereocenters. The Morgan fingerprint density at radius 1 is 1.38 bits per heavy atom. The Hall–Kier alpha value is 0.130. The van der Waals surface area contributed by atoms with Crippen LogP contribution >= 0.6 is 0 Å². The van der Waals surface area contributed by atoms with E-state index in [-0.39, 0.29) is 25.2 Å². The summed E-state index contributed by atoms with van der Waals surface area (Å²) in [4.78, 5) is 0. The van der Waals surface area contributed by atoms with Gasteiger partial charge in [-0.25, -0.2) is 0 Å². The van der Waals surface area contributed by atoms with Crippen molar-refractivity contribution in [2.24, 2.45) is 5.73 Å². The van der Waals surface area contributed by atoms with Crippen molar-refractivity contribution in [3.8, 4) is 0 Å². The van der Waals surface area contributed by atoms with Gasteiger partial charge in [-0.1, -0.05) is 6.92 Å². The number of hydrogen-bond donors (Lipinski definition) is 3. The van der Waals surface area contributed by atoms with Crippen molar-refractivity contribution in [1.82, 2.24) is 0 Å². The summed E-state index contributed by atoms with van der Waals surface area (Å²) in [5.41, 5.74) is 5.83. The van der Waals surface area contributed by atoms with Gasteiger partial charge in [-0.05, 0) is 0 Å². The molecule has 0 aromatic heterocycles. The first-order chi connectivity index (χ1) is 5.44. The molecule has 82 valence electrons. The van der Waals surface area contributed by atoms with E-state index in [0.717, 1.165) is 6.42 Å². The van der Waals surface area contributed by atoms with Crippen LogP contribution in [0.25, 0.3) is 0 Å². The van der Waals surface area contributed by atoms with Crippen LogP contribution in [0.5, 0.6) is 0 Å². The van der Waals surface area contributed by atoms with Crippen molar-refractivity contribution in [1.29, 1.82) is 0 Å². The lowest BCUT2D eigenvalue weighted by Crippen LogP contribution is -3.00. The second-order valence-corrected chi connectivity index (χ2v) is 3.77. The standard InChI is InChI=1S/C8H21N2O2.ClH/c1-4-8(9)10(2,3)5-7(12)6-11;/h7-8,11-12H,4-6,9H2,1-3H3;1H/q+1;/p-1. The number of rotatable bonds is 5. The number of nitrogens with zero attached hydrogens (tertiary/aromatic N) is 1. The Balaban J connectivity index is 0. The van der Waals surface area contributed by atoms with Crippen LogP contribution in [0.2, 0.25) is 0 Å². The largest absolute Gasteiger partial charge is 1.00 e. The van der Waals surface area contributed by atoms with E-state index >= 15 is 0 Å². The SMILES string of the molecule is CCC(N)[N+](C)(C)CC(O)CO.[Cl-]. The Labute approximate surface area is 86.3 Å². The van der Waals surface area contributed by atoms with Gasteiger partial charge in [0.2, 0.25) is 0 Å². The molecule has 0 aliphatic heterocycles. The molecule has 0 rings (SSSR count). The van der Waals surface area contributed by atoms with Gasteiger partial charge in [0.05, 0.1) is 20.7 Å². The first kappa shape index (κ1) is 15.6. The molecule has 0 aromatic rings. The Kier molecular flexibility index (Phi) is 7.87. The molecule has 0 fully saturated rings. The summed E-state index contributed by atoms with van der Waals surface area (Å²) in [5.74, 6) is 0. The molecule has 2 atom stereocenters. The van der Waals surface area contributed by atoms with Crippen LogP contribution in [0.3, 0.4) is 0 Å². The van der Waals surface area contributed by atoms with E-state index in [2.05, 4.69) is 0 Å². The fourth-order valence-corrected chi connectivity index (χ4v) is 1.23. The quantitative estimate of drug-likeness (QED) is 0.323. The lowest BCUT2D eigenvalue weighted by atomic mass is 10.2. The number of aliphatic hydroxyl groups excluding tert-OH is 2. The summed E-state index contributed by atoms with van der Waals surface area (Å²) in [5, 5.41) is 17.9.